The largest absolute Gasteiger partial charge is 0.339 e. The minimum Gasteiger partial charge on any atom is -0.339 e. The van der Waals surface area contributed by atoms with Gasteiger partial charge in [-0.25, -0.2) is 0 Å². The maximum atomic E-state index is 12.5. The highest BCUT2D eigenvalue weighted by atomic mass is 16.2. The van der Waals surface area contributed by atoms with Gasteiger partial charge in [-0.05, 0) is 27.7 Å². The van der Waals surface area contributed by atoms with Crippen LogP contribution in [0, 0.1) is 0 Å². The van der Waals surface area contributed by atoms with Crippen molar-refractivity contribution in [2.24, 2.45) is 0 Å². The van der Waals surface area contributed by atoms with E-state index in [0.29, 0.717) is 18.7 Å². The van der Waals surface area contributed by atoms with Gasteiger partial charge in [-0.1, -0.05) is 35.9 Å². The molecular weight excluding hydrogens is 238 g/mol. The number of nitrogens with zero attached hydrogens (tertiary/aromatic N) is 1. The van der Waals surface area contributed by atoms with Crippen LogP contribution < -0.4 is 0 Å². The van der Waals surface area contributed by atoms with Crippen molar-refractivity contribution < 1.29 is 9.59 Å². The Balaban J connectivity index is 3.14. The maximum Gasteiger partial charge on any atom is 0.257 e. The number of rotatable bonds is 5. The van der Waals surface area contributed by atoms with Gasteiger partial charge in [-0.2, -0.15) is 0 Å². The topological polar surface area (TPSA) is 37.4 Å². The molecule has 0 aliphatic rings. The van der Waals surface area contributed by atoms with Crippen LogP contribution in [0.15, 0.2) is 41.5 Å². The highest BCUT2D eigenvalue weighted by Gasteiger charge is 2.24. The highest BCUT2D eigenvalue weighted by molar-refractivity contribution is 6.26. The van der Waals surface area contributed by atoms with Crippen LogP contribution in [0.2, 0.25) is 0 Å². The molecule has 0 spiro atoms. The molecule has 3 nitrogen and oxygen atoms in total. The van der Waals surface area contributed by atoms with Crippen LogP contribution in [0.5, 0.6) is 0 Å². The van der Waals surface area contributed by atoms with E-state index >= 15 is 0 Å². The Hall–Kier alpha value is -1.90. The number of carbonyl (C=O) groups excluding carboxylic acids is 2. The first-order valence-electron chi connectivity index (χ1n) is 6.59. The molecule has 0 aliphatic carbocycles. The van der Waals surface area contributed by atoms with Crippen LogP contribution >= 0.6 is 0 Å². The summed E-state index contributed by atoms with van der Waals surface area (Å²) >= 11 is 0. The van der Waals surface area contributed by atoms with Crippen molar-refractivity contribution in [3.8, 4) is 0 Å². The molecule has 0 unspecified atom stereocenters. The summed E-state index contributed by atoms with van der Waals surface area (Å²) in [6.07, 6.45) is 0. The number of ketones is 1. The Labute approximate surface area is 114 Å². The number of allylic oxidation sites excluding steroid dienone is 1. The monoisotopic (exact) mass is 259 g/mol. The van der Waals surface area contributed by atoms with E-state index in [1.54, 1.807) is 43.0 Å². The first-order chi connectivity index (χ1) is 9.02. The summed E-state index contributed by atoms with van der Waals surface area (Å²) < 4.78 is 0. The lowest BCUT2D eigenvalue weighted by Gasteiger charge is -2.20. The number of Topliss-reactive ketones (excluding diaryl/α,β-unsaturated/α-hetero) is 1. The Morgan fingerprint density at radius 2 is 1.53 bits per heavy atom. The molecule has 0 radical (unpaired) electrons. The maximum absolute atomic E-state index is 12.5. The second-order valence-corrected chi connectivity index (χ2v) is 4.55. The van der Waals surface area contributed by atoms with Crippen molar-refractivity contribution >= 4 is 11.7 Å². The molecule has 102 valence electrons. The lowest BCUT2D eigenvalue weighted by atomic mass is 9.98. The van der Waals surface area contributed by atoms with E-state index in [0.717, 1.165) is 5.57 Å². The van der Waals surface area contributed by atoms with Gasteiger partial charge in [0.05, 0.1) is 5.57 Å². The van der Waals surface area contributed by atoms with E-state index in [1.165, 1.54) is 0 Å². The van der Waals surface area contributed by atoms with Crippen molar-refractivity contribution in [1.29, 1.82) is 0 Å². The average Bonchev–Trinajstić information content (AvgIpc) is 2.40. The zero-order valence-corrected chi connectivity index (χ0v) is 12.1. The van der Waals surface area contributed by atoms with Crippen LogP contribution in [0.3, 0.4) is 0 Å². The molecule has 0 aliphatic heterocycles. The van der Waals surface area contributed by atoms with Crippen LogP contribution in [0.1, 0.15) is 38.1 Å². The molecule has 1 aromatic carbocycles. The van der Waals surface area contributed by atoms with E-state index in [4.69, 9.17) is 0 Å². The van der Waals surface area contributed by atoms with Crippen molar-refractivity contribution in [3.05, 3.63) is 47.0 Å². The lowest BCUT2D eigenvalue weighted by Crippen LogP contribution is -2.34. The summed E-state index contributed by atoms with van der Waals surface area (Å²) in [5.41, 5.74) is 1.60. The Morgan fingerprint density at radius 3 is 1.95 bits per heavy atom. The van der Waals surface area contributed by atoms with E-state index in [9.17, 15) is 9.59 Å². The summed E-state index contributed by atoms with van der Waals surface area (Å²) in [6, 6.07) is 8.93. The van der Waals surface area contributed by atoms with Crippen molar-refractivity contribution in [2.45, 2.75) is 27.7 Å². The van der Waals surface area contributed by atoms with Gasteiger partial charge in [0.2, 0.25) is 0 Å². The fourth-order valence-corrected chi connectivity index (χ4v) is 1.94. The van der Waals surface area contributed by atoms with Gasteiger partial charge in [0.1, 0.15) is 0 Å². The minimum atomic E-state index is -0.197. The Morgan fingerprint density at radius 1 is 1.00 bits per heavy atom. The molecule has 0 saturated carbocycles. The van der Waals surface area contributed by atoms with Crippen LogP contribution in [-0.4, -0.2) is 29.7 Å². The minimum absolute atomic E-state index is 0.182. The lowest BCUT2D eigenvalue weighted by molar-refractivity contribution is -0.126. The first-order valence-corrected chi connectivity index (χ1v) is 6.59. The Bertz CT molecular complexity index is 481. The molecule has 1 rings (SSSR count). The normalized spacial score (nSPS) is 9.89. The van der Waals surface area contributed by atoms with Gasteiger partial charge in [-0.3, -0.25) is 9.59 Å². The highest BCUT2D eigenvalue weighted by Crippen LogP contribution is 2.15. The van der Waals surface area contributed by atoms with Gasteiger partial charge < -0.3 is 4.90 Å². The predicted octanol–water partition coefficient (Wildman–Crippen LogP) is 3.07. The smallest absolute Gasteiger partial charge is 0.257 e. The predicted molar refractivity (Wildman–Crippen MR) is 77.1 cm³/mol. The molecule has 0 aromatic heterocycles. The summed E-state index contributed by atoms with van der Waals surface area (Å²) in [5.74, 6) is -0.378. The fourth-order valence-electron chi connectivity index (χ4n) is 1.94. The number of carbonyl (C=O) groups is 2. The van der Waals surface area contributed by atoms with Crippen LogP contribution in [0.25, 0.3) is 0 Å². The van der Waals surface area contributed by atoms with Crippen LogP contribution in [-0.2, 0) is 4.79 Å². The molecule has 0 N–H and O–H groups in total. The van der Waals surface area contributed by atoms with E-state index in [1.807, 2.05) is 19.9 Å². The fraction of sp³-hybridized carbons (Fsp3) is 0.375. The summed E-state index contributed by atoms with van der Waals surface area (Å²) in [4.78, 5) is 26.5. The van der Waals surface area contributed by atoms with Crippen LogP contribution in [0.4, 0.5) is 0 Å². The molecule has 3 heteroatoms. The van der Waals surface area contributed by atoms with Gasteiger partial charge in [0.15, 0.2) is 5.78 Å². The van der Waals surface area contributed by atoms with E-state index < -0.39 is 0 Å². The molecule has 0 fully saturated rings. The number of benzene rings is 1. The average molecular weight is 259 g/mol. The third kappa shape index (κ3) is 3.53. The molecule has 0 atom stereocenters. The molecule has 0 heterocycles. The van der Waals surface area contributed by atoms with Gasteiger partial charge in [0.25, 0.3) is 5.91 Å². The zero-order chi connectivity index (χ0) is 14.4. The van der Waals surface area contributed by atoms with E-state index in [2.05, 4.69) is 0 Å². The van der Waals surface area contributed by atoms with Gasteiger partial charge >= 0.3 is 0 Å². The second kappa shape index (κ2) is 6.88. The Kier molecular flexibility index (Phi) is 5.49. The quantitative estimate of drug-likeness (QED) is 0.353. The van der Waals surface area contributed by atoms with Gasteiger partial charge in [-0.15, -0.1) is 0 Å². The standard InChI is InChI=1S/C16H21NO2/c1-5-17(6-2)16(19)14(12(3)4)15(18)13-10-8-7-9-11-13/h7-11H,5-6H2,1-4H3. The molecule has 1 amide bonds. The summed E-state index contributed by atoms with van der Waals surface area (Å²) in [7, 11) is 0. The molecular formula is C16H21NO2. The zero-order valence-electron chi connectivity index (χ0n) is 12.1. The summed E-state index contributed by atoms with van der Waals surface area (Å²) in [5, 5.41) is 0. The van der Waals surface area contributed by atoms with Gasteiger partial charge in [0, 0.05) is 18.7 Å². The van der Waals surface area contributed by atoms with E-state index in [-0.39, 0.29) is 17.3 Å². The van der Waals surface area contributed by atoms with Crippen molar-refractivity contribution in [2.75, 3.05) is 13.1 Å². The number of hydrogen-bond acceptors (Lipinski definition) is 2. The molecule has 19 heavy (non-hydrogen) atoms. The third-order valence-electron chi connectivity index (χ3n) is 3.03. The molecule has 0 saturated heterocycles. The SMILES string of the molecule is CCN(CC)C(=O)C(C(=O)c1ccccc1)=C(C)C. The third-order valence-corrected chi connectivity index (χ3v) is 3.03. The second-order valence-electron chi connectivity index (χ2n) is 4.55. The van der Waals surface area contributed by atoms with Crippen molar-refractivity contribution in [3.63, 3.8) is 0 Å². The molecule has 0 bridgehead atoms. The summed E-state index contributed by atoms with van der Waals surface area (Å²) in [6.45, 7) is 8.64. The number of hydrogen-bond donors (Lipinski definition) is 0. The molecule has 1 aromatic rings. The number of likely N-dealkylation sites (N-methyl/N-ethyl adjacent to an activating group) is 1. The number of amides is 1. The van der Waals surface area contributed by atoms with Crippen molar-refractivity contribution in [1.82, 2.24) is 4.90 Å². The first kappa shape index (κ1) is 15.2.